The van der Waals surface area contributed by atoms with E-state index in [2.05, 4.69) is 20.4 Å². The number of nitrogens with zero attached hydrogens (tertiary/aromatic N) is 4. The molecule has 0 aliphatic carbocycles. The van der Waals surface area contributed by atoms with Gasteiger partial charge in [0.2, 0.25) is 0 Å². The first-order chi connectivity index (χ1) is 17.2. The van der Waals surface area contributed by atoms with Gasteiger partial charge in [0.1, 0.15) is 23.8 Å². The van der Waals surface area contributed by atoms with Crippen molar-refractivity contribution < 1.29 is 28.7 Å². The third-order valence-electron chi connectivity index (χ3n) is 5.39. The highest BCUT2D eigenvalue weighted by Gasteiger charge is 2.26. The predicted molar refractivity (Wildman–Crippen MR) is 124 cm³/mol. The number of aliphatic carboxylic acids is 1. The van der Waals surface area contributed by atoms with Gasteiger partial charge in [-0.2, -0.15) is 0 Å². The molecule has 0 saturated heterocycles. The van der Waals surface area contributed by atoms with Crippen LogP contribution in [0.4, 0.5) is 4.39 Å². The van der Waals surface area contributed by atoms with Crippen LogP contribution in [0.1, 0.15) is 45.7 Å². The molecule has 2 N–H and O–H groups in total. The van der Waals surface area contributed by atoms with E-state index in [9.17, 15) is 18.8 Å². The molecule has 186 valence electrons. The molecule has 3 aromatic rings. The number of carbonyl (C=O) groups is 2. The molecule has 0 radical (unpaired) electrons. The number of hydrogen-bond acceptors (Lipinski definition) is 8. The number of ether oxygens (including phenoxy) is 1. The van der Waals surface area contributed by atoms with Gasteiger partial charge in [0.15, 0.2) is 17.7 Å². The first kappa shape index (κ1) is 24.5. The summed E-state index contributed by atoms with van der Waals surface area (Å²) >= 11 is 0. The number of hydrogen-bond donors (Lipinski definition) is 2. The summed E-state index contributed by atoms with van der Waals surface area (Å²) in [7, 11) is 1.36. The molecule has 4 rings (SSSR count). The van der Waals surface area contributed by atoms with Crippen LogP contribution in [0.3, 0.4) is 0 Å². The number of carboxylic acid groups (broad SMARTS) is 1. The molecule has 1 amide bonds. The summed E-state index contributed by atoms with van der Waals surface area (Å²) in [6, 6.07) is 8.61. The van der Waals surface area contributed by atoms with Crippen molar-refractivity contribution in [1.82, 2.24) is 19.9 Å². The number of pyridine rings is 1. The molecule has 1 aromatic carbocycles. The topological polar surface area (TPSA) is 145 Å². The highest BCUT2D eigenvalue weighted by molar-refractivity contribution is 6.02. The van der Waals surface area contributed by atoms with Crippen molar-refractivity contribution in [3.05, 3.63) is 87.1 Å². The van der Waals surface area contributed by atoms with Crippen LogP contribution in [0.15, 0.2) is 52.5 Å². The van der Waals surface area contributed by atoms with Gasteiger partial charge in [0.25, 0.3) is 11.5 Å². The Bertz CT molecular complexity index is 1420. The number of carboxylic acids is 1. The molecule has 1 unspecified atom stereocenters. The second-order valence-corrected chi connectivity index (χ2v) is 8.00. The molecule has 0 saturated carbocycles. The number of methoxy groups -OCH3 is 1. The van der Waals surface area contributed by atoms with Gasteiger partial charge in [0, 0.05) is 30.8 Å². The fraction of sp³-hybridized carbons (Fsp3) is 0.250. The van der Waals surface area contributed by atoms with Gasteiger partial charge in [-0.25, -0.2) is 14.4 Å². The number of halogens is 1. The van der Waals surface area contributed by atoms with Gasteiger partial charge in [-0.3, -0.25) is 14.4 Å². The first-order valence-electron chi connectivity index (χ1n) is 10.8. The van der Waals surface area contributed by atoms with Gasteiger partial charge in [-0.1, -0.05) is 11.2 Å². The standard InChI is InChI=1S/C24H22FN5O6/c1-13-27-17(8-19(28-13)24(34)26-10-14-3-5-16(25)21(7-14)35-2)18-9-20(36-29-18)15-4-6-22(31)30(11-15)12-23(32)33/h3-8,11,20H,9-10,12H2,1-2H3,(H,26,34)(H,32,33). The van der Waals surface area contributed by atoms with Crippen molar-refractivity contribution in [2.24, 2.45) is 5.16 Å². The van der Waals surface area contributed by atoms with Crippen LogP contribution in [0.25, 0.3) is 0 Å². The molecule has 11 nitrogen and oxygen atoms in total. The van der Waals surface area contributed by atoms with E-state index in [0.717, 1.165) is 4.57 Å². The lowest BCUT2D eigenvalue weighted by Crippen LogP contribution is -2.25. The number of aromatic nitrogens is 3. The summed E-state index contributed by atoms with van der Waals surface area (Å²) in [5, 5.41) is 15.8. The molecule has 1 aliphatic rings. The minimum Gasteiger partial charge on any atom is -0.494 e. The second kappa shape index (κ2) is 10.3. The van der Waals surface area contributed by atoms with Gasteiger partial charge < -0.3 is 24.6 Å². The predicted octanol–water partition coefficient (Wildman–Crippen LogP) is 1.97. The zero-order valence-corrected chi connectivity index (χ0v) is 19.4. The number of benzene rings is 1. The van der Waals surface area contributed by atoms with E-state index in [1.807, 2.05) is 0 Å². The van der Waals surface area contributed by atoms with Crippen molar-refractivity contribution in [2.45, 2.75) is 32.5 Å². The number of aryl methyl sites for hydroxylation is 1. The summed E-state index contributed by atoms with van der Waals surface area (Å²) in [5.41, 5.74) is 1.77. The third-order valence-corrected chi connectivity index (χ3v) is 5.39. The van der Waals surface area contributed by atoms with Crippen molar-refractivity contribution in [3.63, 3.8) is 0 Å². The van der Waals surface area contributed by atoms with Crippen LogP contribution in [0.5, 0.6) is 5.75 Å². The Balaban J connectivity index is 1.46. The van der Waals surface area contributed by atoms with Crippen LogP contribution in [-0.4, -0.2) is 44.3 Å². The van der Waals surface area contributed by atoms with Crippen LogP contribution in [0, 0.1) is 12.7 Å². The highest BCUT2D eigenvalue weighted by atomic mass is 19.1. The van der Waals surface area contributed by atoms with E-state index in [1.165, 1.54) is 37.6 Å². The molecular formula is C24H22FN5O6. The maximum atomic E-state index is 13.6. The van der Waals surface area contributed by atoms with E-state index in [1.54, 1.807) is 19.1 Å². The van der Waals surface area contributed by atoms with Crippen molar-refractivity contribution in [2.75, 3.05) is 7.11 Å². The molecule has 36 heavy (non-hydrogen) atoms. The fourth-order valence-electron chi connectivity index (χ4n) is 3.64. The van der Waals surface area contributed by atoms with Crippen molar-refractivity contribution in [1.29, 1.82) is 0 Å². The molecule has 1 aliphatic heterocycles. The molecule has 12 heteroatoms. The maximum absolute atomic E-state index is 13.6. The molecular weight excluding hydrogens is 473 g/mol. The molecule has 2 aromatic heterocycles. The normalized spacial score (nSPS) is 14.6. The van der Waals surface area contributed by atoms with Gasteiger partial charge in [-0.15, -0.1) is 0 Å². The number of rotatable bonds is 8. The van der Waals surface area contributed by atoms with Gasteiger partial charge in [0.05, 0.1) is 12.8 Å². The Kier molecular flexibility index (Phi) is 7.04. The summed E-state index contributed by atoms with van der Waals surface area (Å²) < 4.78 is 19.6. The fourth-order valence-corrected chi connectivity index (χ4v) is 3.64. The van der Waals surface area contributed by atoms with Crippen molar-refractivity contribution in [3.8, 4) is 5.75 Å². The average molecular weight is 495 g/mol. The summed E-state index contributed by atoms with van der Waals surface area (Å²) in [4.78, 5) is 49.7. The molecule has 3 heterocycles. The number of amides is 1. The number of carbonyl (C=O) groups excluding carboxylic acids is 1. The Morgan fingerprint density at radius 2 is 2.06 bits per heavy atom. The van der Waals surface area contributed by atoms with E-state index in [0.29, 0.717) is 28.4 Å². The first-order valence-corrected chi connectivity index (χ1v) is 10.8. The van der Waals surface area contributed by atoms with Crippen LogP contribution >= 0.6 is 0 Å². The maximum Gasteiger partial charge on any atom is 0.323 e. The Hall–Kier alpha value is -4.61. The zero-order valence-electron chi connectivity index (χ0n) is 19.4. The molecule has 0 fully saturated rings. The minimum atomic E-state index is -1.14. The highest BCUT2D eigenvalue weighted by Crippen LogP contribution is 2.28. The minimum absolute atomic E-state index is 0.0779. The largest absolute Gasteiger partial charge is 0.494 e. The SMILES string of the molecule is COc1cc(CNC(=O)c2cc(C3=NOC(c4ccc(=O)n(CC(=O)O)c4)C3)nc(C)n2)ccc1F. The summed E-state index contributed by atoms with van der Waals surface area (Å²) in [5.74, 6) is -1.67. The summed E-state index contributed by atoms with van der Waals surface area (Å²) in [6.45, 7) is 1.30. The van der Waals surface area contributed by atoms with Gasteiger partial charge >= 0.3 is 5.97 Å². The number of nitrogens with one attached hydrogen (secondary N) is 1. The van der Waals surface area contributed by atoms with E-state index in [4.69, 9.17) is 14.7 Å². The lowest BCUT2D eigenvalue weighted by atomic mass is 10.0. The van der Waals surface area contributed by atoms with Crippen LogP contribution in [0.2, 0.25) is 0 Å². The molecule has 1 atom stereocenters. The smallest absolute Gasteiger partial charge is 0.323 e. The lowest BCUT2D eigenvalue weighted by Gasteiger charge is -2.11. The molecule has 0 bridgehead atoms. The van der Waals surface area contributed by atoms with Crippen molar-refractivity contribution >= 4 is 17.6 Å². The third kappa shape index (κ3) is 5.54. The zero-order chi connectivity index (χ0) is 25.8. The van der Waals surface area contributed by atoms with Crippen LogP contribution < -0.4 is 15.6 Å². The Morgan fingerprint density at radius 3 is 2.81 bits per heavy atom. The summed E-state index contributed by atoms with van der Waals surface area (Å²) in [6.07, 6.45) is 1.16. The number of oxime groups is 1. The monoisotopic (exact) mass is 495 g/mol. The van der Waals surface area contributed by atoms with E-state index in [-0.39, 0.29) is 24.4 Å². The van der Waals surface area contributed by atoms with E-state index < -0.39 is 35.9 Å². The lowest BCUT2D eigenvalue weighted by molar-refractivity contribution is -0.137. The quantitative estimate of drug-likeness (QED) is 0.483. The second-order valence-electron chi connectivity index (χ2n) is 8.00. The Labute approximate surface area is 204 Å². The van der Waals surface area contributed by atoms with Gasteiger partial charge in [-0.05, 0) is 36.8 Å². The Morgan fingerprint density at radius 1 is 1.25 bits per heavy atom. The van der Waals surface area contributed by atoms with E-state index >= 15 is 0 Å². The average Bonchev–Trinajstić information content (AvgIpc) is 3.34. The van der Waals surface area contributed by atoms with Crippen LogP contribution in [-0.2, 0) is 22.7 Å². The molecule has 0 spiro atoms.